The van der Waals surface area contributed by atoms with Crippen molar-refractivity contribution < 1.29 is 9.31 Å². The van der Waals surface area contributed by atoms with E-state index in [2.05, 4.69) is 40.7 Å². The van der Waals surface area contributed by atoms with Crippen LogP contribution < -0.4 is 0 Å². The molecular weight excluding hydrogens is 187 g/mol. The van der Waals surface area contributed by atoms with Crippen LogP contribution in [0.25, 0.3) is 0 Å². The molecule has 2 nitrogen and oxygen atoms in total. The summed E-state index contributed by atoms with van der Waals surface area (Å²) in [7, 11) is -0.174. The van der Waals surface area contributed by atoms with Gasteiger partial charge in [0.25, 0.3) is 0 Å². The monoisotopic (exact) mass is 210 g/mol. The smallest absolute Gasteiger partial charge is 0.400 e. The molecule has 15 heavy (non-hydrogen) atoms. The van der Waals surface area contributed by atoms with Gasteiger partial charge in [-0.25, -0.2) is 0 Å². The Morgan fingerprint density at radius 3 is 2.07 bits per heavy atom. The Balaban J connectivity index is 2.45. The molecule has 0 spiro atoms. The largest absolute Gasteiger partial charge is 0.486 e. The van der Waals surface area contributed by atoms with Crippen molar-refractivity contribution in [2.45, 2.75) is 65.1 Å². The van der Waals surface area contributed by atoms with E-state index in [0.717, 1.165) is 6.42 Å². The summed E-state index contributed by atoms with van der Waals surface area (Å²) in [4.78, 5) is 0. The summed E-state index contributed by atoms with van der Waals surface area (Å²) in [5.74, 6) is 2.03. The van der Waals surface area contributed by atoms with Crippen molar-refractivity contribution >= 4 is 7.12 Å². The van der Waals surface area contributed by atoms with Gasteiger partial charge in [0.2, 0.25) is 0 Å². The third-order valence-electron chi connectivity index (χ3n) is 3.29. The second kappa shape index (κ2) is 4.71. The molecule has 0 amide bonds. The van der Waals surface area contributed by atoms with Crippen LogP contribution in [0.2, 0.25) is 0 Å². The lowest BCUT2D eigenvalue weighted by atomic mass is 9.89. The Morgan fingerprint density at radius 1 is 1.07 bits per heavy atom. The molecule has 0 aromatic rings. The second-order valence-electron chi connectivity index (χ2n) is 5.20. The molecule has 1 saturated heterocycles. The second-order valence-corrected chi connectivity index (χ2v) is 5.20. The van der Waals surface area contributed by atoms with Gasteiger partial charge in [-0.05, 0) is 34.1 Å². The van der Waals surface area contributed by atoms with Crippen molar-refractivity contribution in [2.24, 2.45) is 0 Å². The van der Waals surface area contributed by atoms with Crippen LogP contribution >= 0.6 is 0 Å². The van der Waals surface area contributed by atoms with E-state index in [1.165, 1.54) is 12.8 Å². The fraction of sp³-hybridized carbons (Fsp3) is 0.833. The van der Waals surface area contributed by atoms with Crippen molar-refractivity contribution in [2.75, 3.05) is 0 Å². The quantitative estimate of drug-likeness (QED) is 0.523. The summed E-state index contributed by atoms with van der Waals surface area (Å²) in [5, 5.41) is 0. The maximum absolute atomic E-state index is 5.84. The minimum Gasteiger partial charge on any atom is -0.400 e. The first-order valence-corrected chi connectivity index (χ1v) is 5.91. The van der Waals surface area contributed by atoms with Gasteiger partial charge in [-0.2, -0.15) is 0 Å². The van der Waals surface area contributed by atoms with Crippen LogP contribution in [-0.4, -0.2) is 18.3 Å². The van der Waals surface area contributed by atoms with Crippen LogP contribution in [0.15, 0.2) is 12.1 Å². The van der Waals surface area contributed by atoms with Crippen LogP contribution in [0.5, 0.6) is 0 Å². The number of hydrogen-bond acceptors (Lipinski definition) is 2. The standard InChI is InChI=1S/C12H23BO2/c1-6-7-8-9-10-13-14-11(2,3)12(4,5)15-13/h9-10H,6-8H2,1-5H3. The Morgan fingerprint density at radius 2 is 1.60 bits per heavy atom. The molecule has 1 aliphatic heterocycles. The lowest BCUT2D eigenvalue weighted by molar-refractivity contribution is 0.00578. The zero-order valence-electron chi connectivity index (χ0n) is 10.7. The molecule has 0 bridgehead atoms. The highest BCUT2D eigenvalue weighted by molar-refractivity contribution is 6.51. The molecular formula is C12H23BO2. The van der Waals surface area contributed by atoms with E-state index in [-0.39, 0.29) is 18.3 Å². The van der Waals surface area contributed by atoms with Crippen LogP contribution in [-0.2, 0) is 9.31 Å². The summed E-state index contributed by atoms with van der Waals surface area (Å²) < 4.78 is 11.7. The van der Waals surface area contributed by atoms with Crippen molar-refractivity contribution in [3.05, 3.63) is 12.1 Å². The van der Waals surface area contributed by atoms with Crippen molar-refractivity contribution in [3.63, 3.8) is 0 Å². The summed E-state index contributed by atoms with van der Waals surface area (Å²) in [5.41, 5.74) is -0.431. The van der Waals surface area contributed by atoms with E-state index in [1.807, 2.05) is 5.98 Å². The highest BCUT2D eigenvalue weighted by Gasteiger charge is 2.49. The van der Waals surface area contributed by atoms with Crippen molar-refractivity contribution in [3.8, 4) is 0 Å². The van der Waals surface area contributed by atoms with E-state index < -0.39 is 0 Å². The highest BCUT2D eigenvalue weighted by Crippen LogP contribution is 2.36. The molecule has 0 aliphatic carbocycles. The zero-order valence-corrected chi connectivity index (χ0v) is 10.7. The topological polar surface area (TPSA) is 18.5 Å². The van der Waals surface area contributed by atoms with Gasteiger partial charge in [0, 0.05) is 0 Å². The predicted octanol–water partition coefficient (Wildman–Crippen LogP) is 3.36. The summed E-state index contributed by atoms with van der Waals surface area (Å²) in [6.45, 7) is 10.5. The molecule has 86 valence electrons. The van der Waals surface area contributed by atoms with Gasteiger partial charge < -0.3 is 9.31 Å². The van der Waals surface area contributed by atoms with Gasteiger partial charge in [0.1, 0.15) is 0 Å². The third kappa shape index (κ3) is 3.09. The molecule has 1 fully saturated rings. The molecule has 0 unspecified atom stereocenters. The van der Waals surface area contributed by atoms with E-state index in [9.17, 15) is 0 Å². The number of unbranched alkanes of at least 4 members (excludes halogenated alkanes) is 2. The van der Waals surface area contributed by atoms with Crippen molar-refractivity contribution in [1.29, 1.82) is 0 Å². The lowest BCUT2D eigenvalue weighted by Gasteiger charge is -2.32. The van der Waals surface area contributed by atoms with Crippen LogP contribution in [0.1, 0.15) is 53.9 Å². The summed E-state index contributed by atoms with van der Waals surface area (Å²) in [6.07, 6.45) is 5.73. The number of rotatable bonds is 4. The number of hydrogen-bond donors (Lipinski definition) is 0. The van der Waals surface area contributed by atoms with E-state index in [1.54, 1.807) is 0 Å². The molecule has 1 heterocycles. The normalized spacial score (nSPS) is 23.9. The van der Waals surface area contributed by atoms with Gasteiger partial charge in [-0.15, -0.1) is 0 Å². The van der Waals surface area contributed by atoms with Crippen molar-refractivity contribution in [1.82, 2.24) is 0 Å². The maximum atomic E-state index is 5.84. The first kappa shape index (κ1) is 12.8. The van der Waals surface area contributed by atoms with Gasteiger partial charge >= 0.3 is 7.12 Å². The molecule has 0 aromatic heterocycles. The summed E-state index contributed by atoms with van der Waals surface area (Å²) in [6, 6.07) is 0. The van der Waals surface area contributed by atoms with Crippen LogP contribution in [0.4, 0.5) is 0 Å². The molecule has 0 N–H and O–H groups in total. The Kier molecular flexibility index (Phi) is 4.02. The van der Waals surface area contributed by atoms with Gasteiger partial charge in [-0.1, -0.05) is 31.8 Å². The first-order valence-electron chi connectivity index (χ1n) is 5.91. The van der Waals surface area contributed by atoms with Gasteiger partial charge in [-0.3, -0.25) is 0 Å². The highest BCUT2D eigenvalue weighted by atomic mass is 16.7. The summed E-state index contributed by atoms with van der Waals surface area (Å²) >= 11 is 0. The molecule has 3 heteroatoms. The fourth-order valence-electron chi connectivity index (χ4n) is 1.50. The Labute approximate surface area is 94.2 Å². The van der Waals surface area contributed by atoms with Gasteiger partial charge in [0.15, 0.2) is 0 Å². The average Bonchev–Trinajstić information content (AvgIpc) is 2.30. The molecule has 0 atom stereocenters. The fourth-order valence-corrected chi connectivity index (χ4v) is 1.50. The third-order valence-corrected chi connectivity index (χ3v) is 3.29. The maximum Gasteiger partial charge on any atom is 0.486 e. The average molecular weight is 210 g/mol. The molecule has 0 radical (unpaired) electrons. The minimum absolute atomic E-state index is 0.174. The van der Waals surface area contributed by atoms with E-state index in [4.69, 9.17) is 9.31 Å². The minimum atomic E-state index is -0.216. The number of allylic oxidation sites excluding steroid dienone is 1. The zero-order chi connectivity index (χ0) is 11.5. The van der Waals surface area contributed by atoms with E-state index >= 15 is 0 Å². The molecule has 1 aliphatic rings. The SMILES string of the molecule is CCCCC=CB1OC(C)(C)C(C)(C)O1. The molecule has 0 aromatic carbocycles. The predicted molar refractivity (Wildman–Crippen MR) is 64.7 cm³/mol. The van der Waals surface area contributed by atoms with Crippen LogP contribution in [0.3, 0.4) is 0 Å². The van der Waals surface area contributed by atoms with E-state index in [0.29, 0.717) is 0 Å². The lowest BCUT2D eigenvalue weighted by Crippen LogP contribution is -2.41. The van der Waals surface area contributed by atoms with Gasteiger partial charge in [0.05, 0.1) is 11.2 Å². The Hall–Kier alpha value is -0.275. The molecule has 1 rings (SSSR count). The molecule has 0 saturated carbocycles. The first-order chi connectivity index (χ1) is 6.89. The van der Waals surface area contributed by atoms with Crippen LogP contribution in [0, 0.1) is 0 Å². The Bertz CT molecular complexity index is 218.